The number of carbonyl (C=O) groups is 1. The largest absolute Gasteiger partial charge is 0.508 e. The third-order valence-corrected chi connectivity index (χ3v) is 4.07. The molecule has 0 spiro atoms. The maximum Gasteiger partial charge on any atom is 0.166 e. The monoisotopic (exact) mass is 328 g/mol. The number of hydrogen-bond acceptors (Lipinski definition) is 4. The van der Waals surface area contributed by atoms with E-state index in [1.54, 1.807) is 6.08 Å². The van der Waals surface area contributed by atoms with Crippen LogP contribution in [0.25, 0.3) is 0 Å². The average molecular weight is 328 g/mol. The van der Waals surface area contributed by atoms with Crippen LogP contribution >= 0.6 is 0 Å². The molecule has 1 aromatic rings. The molecule has 0 aromatic heterocycles. The minimum absolute atomic E-state index is 0.00606. The summed E-state index contributed by atoms with van der Waals surface area (Å²) < 4.78 is 0. The van der Waals surface area contributed by atoms with E-state index < -0.39 is 6.10 Å². The third-order valence-electron chi connectivity index (χ3n) is 4.07. The van der Waals surface area contributed by atoms with Crippen LogP contribution in [0, 0.1) is 0 Å². The Balaban J connectivity index is 2.10. The van der Waals surface area contributed by atoms with Gasteiger partial charge in [-0.15, -0.1) is 0 Å². The van der Waals surface area contributed by atoms with Gasteiger partial charge in [0.1, 0.15) is 11.5 Å². The molecule has 0 heterocycles. The van der Waals surface area contributed by atoms with E-state index in [4.69, 9.17) is 0 Å². The number of hydrogen-bond donors (Lipinski definition) is 3. The molecule has 1 unspecified atom stereocenters. The predicted octanol–water partition coefficient (Wildman–Crippen LogP) is 3.82. The van der Waals surface area contributed by atoms with E-state index in [0.717, 1.165) is 11.1 Å². The number of Topliss-reactive ketones (excluding diaryl/α,β-unsaturated/α-hetero) is 1. The number of phenols is 2. The molecule has 1 atom stereocenters. The first-order valence-electron chi connectivity index (χ1n) is 8.14. The van der Waals surface area contributed by atoms with Gasteiger partial charge in [-0.05, 0) is 45.2 Å². The minimum atomic E-state index is -0.441. The lowest BCUT2D eigenvalue weighted by molar-refractivity contribution is 0.0980. The van der Waals surface area contributed by atoms with Gasteiger partial charge in [-0.3, -0.25) is 4.79 Å². The normalized spacial score (nSPS) is 16.6. The van der Waals surface area contributed by atoms with E-state index in [1.807, 2.05) is 32.1 Å². The number of ketones is 1. The molecule has 128 valence electrons. The third kappa shape index (κ3) is 4.59. The first-order chi connectivity index (χ1) is 11.4. The lowest BCUT2D eigenvalue weighted by Gasteiger charge is -2.12. The van der Waals surface area contributed by atoms with E-state index in [2.05, 4.69) is 0 Å². The van der Waals surface area contributed by atoms with E-state index in [-0.39, 0.29) is 29.3 Å². The Morgan fingerprint density at radius 2 is 2.04 bits per heavy atom. The molecule has 0 saturated carbocycles. The van der Waals surface area contributed by atoms with Crippen LogP contribution in [0.1, 0.15) is 49.0 Å². The van der Waals surface area contributed by atoms with E-state index in [1.165, 1.54) is 12.1 Å². The summed E-state index contributed by atoms with van der Waals surface area (Å²) in [5.41, 5.74) is 2.70. The standard InChI is InChI=1S/C20H24O4/c1-13(2)3-9-16-19(23)12-10-17(20(16)24)18(22)11-6-14-4-7-15(21)8-5-14/h3-5,7,10,12,15,21,23-24H,6,8-9,11H2,1-2H3. The quantitative estimate of drug-likeness (QED) is 0.548. The number of aromatic hydroxyl groups is 2. The molecule has 24 heavy (non-hydrogen) atoms. The summed E-state index contributed by atoms with van der Waals surface area (Å²) in [6.07, 6.45) is 8.71. The summed E-state index contributed by atoms with van der Waals surface area (Å²) in [5.74, 6) is -0.305. The van der Waals surface area contributed by atoms with Crippen LogP contribution in [0.5, 0.6) is 11.5 Å². The Kier molecular flexibility index (Phi) is 5.99. The molecule has 1 aromatic carbocycles. The molecule has 0 amide bonds. The number of allylic oxidation sites excluding steroid dienone is 4. The molecular weight excluding hydrogens is 304 g/mol. The zero-order valence-corrected chi connectivity index (χ0v) is 14.1. The Morgan fingerprint density at radius 3 is 2.67 bits per heavy atom. The summed E-state index contributed by atoms with van der Waals surface area (Å²) in [4.78, 5) is 12.4. The second-order valence-corrected chi connectivity index (χ2v) is 6.31. The molecule has 1 aliphatic carbocycles. The number of aliphatic hydroxyl groups excluding tert-OH is 1. The summed E-state index contributed by atoms with van der Waals surface area (Å²) in [6, 6.07) is 2.92. The Bertz CT molecular complexity index is 707. The predicted molar refractivity (Wildman–Crippen MR) is 94.3 cm³/mol. The van der Waals surface area contributed by atoms with Gasteiger partial charge in [0, 0.05) is 12.0 Å². The lowest BCUT2D eigenvalue weighted by atomic mass is 9.96. The van der Waals surface area contributed by atoms with Crippen molar-refractivity contribution in [3.63, 3.8) is 0 Å². The van der Waals surface area contributed by atoms with Crippen molar-refractivity contribution in [2.75, 3.05) is 0 Å². The molecule has 0 bridgehead atoms. The molecule has 3 N–H and O–H groups in total. The highest BCUT2D eigenvalue weighted by Crippen LogP contribution is 2.32. The second kappa shape index (κ2) is 7.97. The highest BCUT2D eigenvalue weighted by Gasteiger charge is 2.17. The molecule has 1 aliphatic rings. The molecule has 2 rings (SSSR count). The molecule has 0 radical (unpaired) electrons. The Hall–Kier alpha value is -2.33. The van der Waals surface area contributed by atoms with Crippen LogP contribution < -0.4 is 0 Å². The summed E-state index contributed by atoms with van der Waals surface area (Å²) >= 11 is 0. The van der Waals surface area contributed by atoms with Gasteiger partial charge in [0.2, 0.25) is 0 Å². The van der Waals surface area contributed by atoms with Crippen molar-refractivity contribution >= 4 is 5.78 Å². The van der Waals surface area contributed by atoms with Crippen molar-refractivity contribution in [3.05, 3.63) is 58.7 Å². The molecule has 0 saturated heterocycles. The van der Waals surface area contributed by atoms with Gasteiger partial charge in [0.25, 0.3) is 0 Å². The van der Waals surface area contributed by atoms with Crippen molar-refractivity contribution in [1.29, 1.82) is 0 Å². The Morgan fingerprint density at radius 1 is 1.29 bits per heavy atom. The summed E-state index contributed by atoms with van der Waals surface area (Å²) in [5, 5.41) is 29.7. The number of aliphatic hydroxyl groups is 1. The van der Waals surface area contributed by atoms with Crippen molar-refractivity contribution in [1.82, 2.24) is 0 Å². The number of rotatable bonds is 6. The highest BCUT2D eigenvalue weighted by atomic mass is 16.3. The first kappa shape index (κ1) is 18.0. The van der Waals surface area contributed by atoms with Gasteiger partial charge in [-0.25, -0.2) is 0 Å². The highest BCUT2D eigenvalue weighted by molar-refractivity contribution is 5.99. The van der Waals surface area contributed by atoms with Crippen LogP contribution in [0.4, 0.5) is 0 Å². The van der Waals surface area contributed by atoms with E-state index >= 15 is 0 Å². The summed E-state index contributed by atoms with van der Waals surface area (Å²) in [6.45, 7) is 3.87. The van der Waals surface area contributed by atoms with Crippen molar-refractivity contribution in [2.45, 2.75) is 45.6 Å². The van der Waals surface area contributed by atoms with Gasteiger partial charge in [-0.1, -0.05) is 35.5 Å². The fourth-order valence-electron chi connectivity index (χ4n) is 2.59. The van der Waals surface area contributed by atoms with Crippen LogP contribution in [0.15, 0.2) is 47.6 Å². The fraction of sp³-hybridized carbons (Fsp3) is 0.350. The van der Waals surface area contributed by atoms with Crippen LogP contribution in [-0.4, -0.2) is 27.2 Å². The van der Waals surface area contributed by atoms with Gasteiger partial charge < -0.3 is 15.3 Å². The molecule has 4 nitrogen and oxygen atoms in total. The summed E-state index contributed by atoms with van der Waals surface area (Å²) in [7, 11) is 0. The maximum absolute atomic E-state index is 12.4. The van der Waals surface area contributed by atoms with Crippen molar-refractivity contribution in [3.8, 4) is 11.5 Å². The van der Waals surface area contributed by atoms with Gasteiger partial charge >= 0.3 is 0 Å². The smallest absolute Gasteiger partial charge is 0.166 e. The van der Waals surface area contributed by atoms with E-state index in [9.17, 15) is 20.1 Å². The zero-order valence-electron chi connectivity index (χ0n) is 14.1. The minimum Gasteiger partial charge on any atom is -0.508 e. The number of phenolic OH excluding ortho intramolecular Hbond substituents is 2. The second-order valence-electron chi connectivity index (χ2n) is 6.31. The topological polar surface area (TPSA) is 77.8 Å². The molecule has 4 heteroatoms. The number of benzene rings is 1. The average Bonchev–Trinajstić information content (AvgIpc) is 2.53. The van der Waals surface area contributed by atoms with Crippen molar-refractivity contribution < 1.29 is 20.1 Å². The van der Waals surface area contributed by atoms with Crippen LogP contribution in [0.2, 0.25) is 0 Å². The van der Waals surface area contributed by atoms with Crippen molar-refractivity contribution in [2.24, 2.45) is 0 Å². The molecular formula is C20H24O4. The van der Waals surface area contributed by atoms with Gasteiger partial charge in [0.05, 0.1) is 11.7 Å². The first-order valence-corrected chi connectivity index (χ1v) is 8.14. The zero-order chi connectivity index (χ0) is 17.7. The SMILES string of the molecule is CC(C)=CCc1c(O)ccc(C(=O)CCC2=CCC(O)C=C2)c1O. The van der Waals surface area contributed by atoms with Gasteiger partial charge in [0.15, 0.2) is 5.78 Å². The molecule has 0 fully saturated rings. The fourth-order valence-corrected chi connectivity index (χ4v) is 2.59. The van der Waals surface area contributed by atoms with Gasteiger partial charge in [-0.2, -0.15) is 0 Å². The van der Waals surface area contributed by atoms with Crippen LogP contribution in [-0.2, 0) is 6.42 Å². The maximum atomic E-state index is 12.4. The van der Waals surface area contributed by atoms with E-state index in [0.29, 0.717) is 24.8 Å². The lowest BCUT2D eigenvalue weighted by Crippen LogP contribution is -2.06. The Labute approximate surface area is 142 Å². The van der Waals surface area contributed by atoms with Crippen LogP contribution in [0.3, 0.4) is 0 Å². The molecule has 0 aliphatic heterocycles. The number of carbonyl (C=O) groups excluding carboxylic acids is 1.